The molecule has 2 fully saturated rings. The van der Waals surface area contributed by atoms with Crippen molar-refractivity contribution in [3.63, 3.8) is 0 Å². The number of esters is 1. The van der Waals surface area contributed by atoms with Gasteiger partial charge in [-0.1, -0.05) is 6.42 Å². The lowest BCUT2D eigenvalue weighted by Gasteiger charge is -2.19. The number of halogens is 4. The molecule has 15 heteroatoms. The van der Waals surface area contributed by atoms with Gasteiger partial charge >= 0.3 is 18.1 Å². The summed E-state index contributed by atoms with van der Waals surface area (Å²) < 4.78 is 72.7. The van der Waals surface area contributed by atoms with Crippen LogP contribution in [0.4, 0.5) is 27.2 Å². The number of methoxy groups -OCH3 is 1. The number of alkyl carbamates (subject to hydrolysis) is 1. The minimum Gasteiger partial charge on any atom is -0.444 e. The third-order valence-corrected chi connectivity index (χ3v) is 7.67. The lowest BCUT2D eigenvalue weighted by atomic mass is 10.0. The summed E-state index contributed by atoms with van der Waals surface area (Å²) in [6.07, 6.45) is 3.05. The van der Waals surface area contributed by atoms with E-state index in [1.165, 1.54) is 0 Å². The molecule has 0 aromatic heterocycles. The number of unbranched alkanes of at least 4 members (excludes halogenated alkanes) is 2. The first-order valence-electron chi connectivity index (χ1n) is 14.1. The molecule has 3 unspecified atom stereocenters. The molecule has 0 aliphatic carbocycles. The molecule has 3 atom stereocenters. The molecule has 0 radical (unpaired) electrons. The van der Waals surface area contributed by atoms with E-state index in [-0.39, 0.29) is 41.9 Å². The molecular weight excluding hydrogens is 598 g/mol. The minimum absolute atomic E-state index is 0.0468. The van der Waals surface area contributed by atoms with Crippen molar-refractivity contribution in [1.82, 2.24) is 16.0 Å². The summed E-state index contributed by atoms with van der Waals surface area (Å²) in [5, 5.41) is 8.60. The van der Waals surface area contributed by atoms with E-state index in [1.54, 1.807) is 18.9 Å². The highest BCUT2D eigenvalue weighted by atomic mass is 32.2. The Morgan fingerprint density at radius 2 is 1.70 bits per heavy atom. The zero-order valence-electron chi connectivity index (χ0n) is 24.9. The SMILES string of the molecule is COCCOCCCCNC(=O)OC(C)(C)C.O=C1NC2CSC(CCCCC(=O)Oc3c(F)c(F)cc(F)c3F)C2N1. The molecule has 1 aromatic rings. The molecule has 3 N–H and O–H groups in total. The number of nitrogens with one attached hydrogen (secondary N) is 3. The normalized spacial score (nSPS) is 19.1. The molecule has 2 saturated heterocycles. The van der Waals surface area contributed by atoms with Gasteiger partial charge < -0.3 is 34.9 Å². The molecule has 2 aliphatic heterocycles. The molecule has 0 bridgehead atoms. The van der Waals surface area contributed by atoms with Crippen LogP contribution in [0.5, 0.6) is 5.75 Å². The number of carbonyl (C=O) groups excluding carboxylic acids is 3. The van der Waals surface area contributed by atoms with Gasteiger partial charge in [-0.05, 0) is 46.5 Å². The van der Waals surface area contributed by atoms with E-state index < -0.39 is 40.6 Å². The predicted octanol–water partition coefficient (Wildman–Crippen LogP) is 4.83. The van der Waals surface area contributed by atoms with Gasteiger partial charge in [-0.2, -0.15) is 20.5 Å². The van der Waals surface area contributed by atoms with Gasteiger partial charge in [-0.25, -0.2) is 18.4 Å². The van der Waals surface area contributed by atoms with E-state index in [1.807, 2.05) is 20.8 Å². The Hall–Kier alpha value is -2.78. The Balaban J connectivity index is 0.000000332. The highest BCUT2D eigenvalue weighted by Gasteiger charge is 2.42. The molecular formula is C28H41F4N3O7S. The van der Waals surface area contributed by atoms with Crippen molar-refractivity contribution < 1.29 is 50.9 Å². The lowest BCUT2D eigenvalue weighted by molar-refractivity contribution is -0.135. The maximum Gasteiger partial charge on any atom is 0.407 e. The zero-order valence-corrected chi connectivity index (χ0v) is 25.7. The number of urea groups is 1. The van der Waals surface area contributed by atoms with Crippen molar-refractivity contribution in [3.8, 4) is 5.75 Å². The second-order valence-corrected chi connectivity index (χ2v) is 12.2. The van der Waals surface area contributed by atoms with Gasteiger partial charge in [-0.15, -0.1) is 0 Å². The van der Waals surface area contributed by atoms with Crippen LogP contribution in [0.1, 0.15) is 59.3 Å². The average molecular weight is 640 g/mol. The summed E-state index contributed by atoms with van der Waals surface area (Å²) in [6.45, 7) is 8.08. The molecule has 2 heterocycles. The summed E-state index contributed by atoms with van der Waals surface area (Å²) in [7, 11) is 1.65. The molecule has 1 aromatic carbocycles. The van der Waals surface area contributed by atoms with Crippen LogP contribution in [0.15, 0.2) is 6.07 Å². The summed E-state index contributed by atoms with van der Waals surface area (Å²) in [5.41, 5.74) is -0.437. The second kappa shape index (κ2) is 18.1. The van der Waals surface area contributed by atoms with Gasteiger partial charge in [0.2, 0.25) is 17.4 Å². The van der Waals surface area contributed by atoms with Crippen molar-refractivity contribution in [2.45, 2.75) is 82.2 Å². The van der Waals surface area contributed by atoms with Gasteiger partial charge in [0.25, 0.3) is 0 Å². The van der Waals surface area contributed by atoms with Crippen molar-refractivity contribution in [2.75, 3.05) is 39.2 Å². The van der Waals surface area contributed by atoms with Crippen molar-refractivity contribution in [2.24, 2.45) is 0 Å². The molecule has 244 valence electrons. The standard InChI is InChI=1S/C16H16F4N2O3S.C12H25NO4/c17-7-5-8(18)13(20)15(12(7)19)25-11(23)4-2-1-3-10-14-9(6-26-10)21-16(24)22-14;1-12(2,3)17-11(14)13-7-5-6-8-16-10-9-15-4/h5,9-10,14H,1-4,6H2,(H2,21,22,24);5-10H2,1-4H3,(H,13,14). The van der Waals surface area contributed by atoms with Crippen LogP contribution in [-0.2, 0) is 19.0 Å². The number of rotatable bonds is 14. The van der Waals surface area contributed by atoms with Crippen molar-refractivity contribution in [3.05, 3.63) is 29.3 Å². The van der Waals surface area contributed by atoms with E-state index in [0.29, 0.717) is 39.2 Å². The first-order valence-corrected chi connectivity index (χ1v) is 15.1. The summed E-state index contributed by atoms with van der Waals surface area (Å²) in [6, 6.07) is 0.0278. The van der Waals surface area contributed by atoms with Crippen LogP contribution in [-0.4, -0.2) is 80.3 Å². The van der Waals surface area contributed by atoms with Crippen molar-refractivity contribution in [1.29, 1.82) is 0 Å². The quantitative estimate of drug-likeness (QED) is 0.0661. The van der Waals surface area contributed by atoms with Crippen molar-refractivity contribution >= 4 is 29.9 Å². The molecule has 10 nitrogen and oxygen atoms in total. The highest BCUT2D eigenvalue weighted by molar-refractivity contribution is 8.00. The van der Waals surface area contributed by atoms with Crippen LogP contribution in [0.2, 0.25) is 0 Å². The molecule has 0 saturated carbocycles. The third kappa shape index (κ3) is 13.2. The fraction of sp³-hybridized carbons (Fsp3) is 0.679. The maximum absolute atomic E-state index is 13.4. The molecule has 3 amide bonds. The largest absolute Gasteiger partial charge is 0.444 e. The number of hydrogen-bond acceptors (Lipinski definition) is 8. The monoisotopic (exact) mass is 639 g/mol. The fourth-order valence-electron chi connectivity index (χ4n) is 4.14. The molecule has 43 heavy (non-hydrogen) atoms. The zero-order chi connectivity index (χ0) is 32.0. The summed E-state index contributed by atoms with van der Waals surface area (Å²) >= 11 is 1.73. The first kappa shape index (κ1) is 36.4. The fourth-order valence-corrected chi connectivity index (χ4v) is 5.69. The number of hydrogen-bond donors (Lipinski definition) is 3. The number of fused-ring (bicyclic) bond motifs is 1. The lowest BCUT2D eigenvalue weighted by Crippen LogP contribution is -2.36. The van der Waals surface area contributed by atoms with Gasteiger partial charge in [0.1, 0.15) is 5.60 Å². The predicted molar refractivity (Wildman–Crippen MR) is 152 cm³/mol. The Labute approximate surface area is 253 Å². The Bertz CT molecular complexity index is 1050. The average Bonchev–Trinajstić information content (AvgIpc) is 3.48. The number of thioether (sulfide) groups is 1. The van der Waals surface area contributed by atoms with Crippen LogP contribution in [0.3, 0.4) is 0 Å². The van der Waals surface area contributed by atoms with Crippen LogP contribution >= 0.6 is 11.8 Å². The van der Waals surface area contributed by atoms with E-state index in [0.717, 1.165) is 25.0 Å². The number of benzene rings is 1. The summed E-state index contributed by atoms with van der Waals surface area (Å²) in [4.78, 5) is 34.2. The second-order valence-electron chi connectivity index (χ2n) is 10.9. The van der Waals surface area contributed by atoms with E-state index in [9.17, 15) is 31.9 Å². The van der Waals surface area contributed by atoms with E-state index >= 15 is 0 Å². The summed E-state index contributed by atoms with van der Waals surface area (Å²) in [5.74, 6) is -8.26. The van der Waals surface area contributed by atoms with E-state index in [4.69, 9.17) is 14.2 Å². The maximum atomic E-state index is 13.4. The first-order chi connectivity index (χ1) is 20.3. The Morgan fingerprint density at radius 1 is 1.00 bits per heavy atom. The number of carbonyl (C=O) groups is 3. The third-order valence-electron chi connectivity index (χ3n) is 6.16. The molecule has 3 rings (SSSR count). The smallest absolute Gasteiger partial charge is 0.407 e. The van der Waals surface area contributed by atoms with Gasteiger partial charge in [0.05, 0.1) is 25.3 Å². The Kier molecular flexibility index (Phi) is 15.3. The highest BCUT2D eigenvalue weighted by Crippen LogP contribution is 2.33. The van der Waals surface area contributed by atoms with E-state index in [2.05, 4.69) is 20.7 Å². The molecule has 2 aliphatic rings. The topological polar surface area (TPSA) is 124 Å². The number of ether oxygens (including phenoxy) is 4. The minimum atomic E-state index is -1.74. The Morgan fingerprint density at radius 3 is 2.35 bits per heavy atom. The number of amides is 3. The molecule has 0 spiro atoms. The van der Waals surface area contributed by atoms with Gasteiger partial charge in [0, 0.05) is 43.8 Å². The van der Waals surface area contributed by atoms with Gasteiger partial charge in [-0.3, -0.25) is 4.79 Å². The van der Waals surface area contributed by atoms with Crippen LogP contribution in [0.25, 0.3) is 0 Å². The van der Waals surface area contributed by atoms with Crippen LogP contribution in [0, 0.1) is 23.3 Å². The van der Waals surface area contributed by atoms with Crippen LogP contribution < -0.4 is 20.7 Å². The van der Waals surface area contributed by atoms with Gasteiger partial charge in [0.15, 0.2) is 11.6 Å².